The maximum atomic E-state index is 12.2. The minimum Gasteiger partial charge on any atom is -0.480 e. The molecule has 1 unspecified atom stereocenters. The Labute approximate surface area is 122 Å². The third kappa shape index (κ3) is 4.59. The molecule has 2 N–H and O–H groups in total. The van der Waals surface area contributed by atoms with Crippen LogP contribution in [0.1, 0.15) is 25.1 Å². The predicted molar refractivity (Wildman–Crippen MR) is 78.4 cm³/mol. The zero-order valence-corrected chi connectivity index (χ0v) is 12.3. The van der Waals surface area contributed by atoms with E-state index in [1.807, 2.05) is 31.4 Å². The summed E-state index contributed by atoms with van der Waals surface area (Å²) in [6.07, 6.45) is 5.08. The minimum absolute atomic E-state index is 0.0357. The molecular formula is C14H18N2O3S. The maximum Gasteiger partial charge on any atom is 0.327 e. The number of thiophene rings is 1. The van der Waals surface area contributed by atoms with E-state index in [1.165, 1.54) is 0 Å². The largest absolute Gasteiger partial charge is 0.480 e. The third-order valence-corrected chi connectivity index (χ3v) is 3.57. The van der Waals surface area contributed by atoms with Gasteiger partial charge in [-0.1, -0.05) is 6.07 Å². The quantitative estimate of drug-likeness (QED) is 0.790. The van der Waals surface area contributed by atoms with Crippen LogP contribution >= 0.6 is 11.3 Å². The summed E-state index contributed by atoms with van der Waals surface area (Å²) < 4.78 is 0. The minimum atomic E-state index is -1.13. The van der Waals surface area contributed by atoms with Crippen LogP contribution in [-0.2, 0) is 11.3 Å². The van der Waals surface area contributed by atoms with Crippen LogP contribution < -0.4 is 5.32 Å². The van der Waals surface area contributed by atoms with Gasteiger partial charge in [-0.3, -0.25) is 0 Å². The zero-order chi connectivity index (χ0) is 15.1. The molecule has 0 fully saturated rings. The molecule has 0 radical (unpaired) electrons. The first kappa shape index (κ1) is 16.1. The van der Waals surface area contributed by atoms with Crippen molar-refractivity contribution in [3.05, 3.63) is 22.4 Å². The van der Waals surface area contributed by atoms with Gasteiger partial charge in [0.15, 0.2) is 0 Å². The highest BCUT2D eigenvalue weighted by Crippen LogP contribution is 2.14. The lowest BCUT2D eigenvalue weighted by atomic mass is 10.2. The van der Waals surface area contributed by atoms with Crippen molar-refractivity contribution < 1.29 is 14.7 Å². The van der Waals surface area contributed by atoms with Crippen LogP contribution in [-0.4, -0.2) is 34.1 Å². The van der Waals surface area contributed by atoms with Crippen molar-refractivity contribution in [2.75, 3.05) is 0 Å². The molecule has 0 bridgehead atoms. The number of carbonyl (C=O) groups excluding carboxylic acids is 1. The average Bonchev–Trinajstić information content (AvgIpc) is 2.87. The number of carboxylic acid groups (broad SMARTS) is 1. The van der Waals surface area contributed by atoms with Crippen LogP contribution in [0.25, 0.3) is 0 Å². The Bertz CT molecular complexity index is 491. The van der Waals surface area contributed by atoms with Gasteiger partial charge in [-0.2, -0.15) is 0 Å². The second-order valence-corrected chi connectivity index (χ2v) is 5.58. The number of nitrogens with one attached hydrogen (secondary N) is 1. The van der Waals surface area contributed by atoms with Gasteiger partial charge in [0.1, 0.15) is 6.04 Å². The van der Waals surface area contributed by atoms with Crippen molar-refractivity contribution in [3.8, 4) is 12.3 Å². The highest BCUT2D eigenvalue weighted by Gasteiger charge is 2.24. The molecule has 1 heterocycles. The summed E-state index contributed by atoms with van der Waals surface area (Å²) in [5, 5.41) is 13.4. The number of terminal acetylenes is 1. The van der Waals surface area contributed by atoms with E-state index < -0.39 is 18.0 Å². The van der Waals surface area contributed by atoms with Crippen LogP contribution in [0.3, 0.4) is 0 Å². The summed E-state index contributed by atoms with van der Waals surface area (Å²) in [6.45, 7) is 4.21. The summed E-state index contributed by atoms with van der Waals surface area (Å²) in [5.74, 6) is 1.13. The number of carboxylic acids is 1. The molecule has 0 spiro atoms. The summed E-state index contributed by atoms with van der Waals surface area (Å²) >= 11 is 1.55. The summed E-state index contributed by atoms with van der Waals surface area (Å²) in [7, 11) is 0. The number of carbonyl (C=O) groups is 2. The predicted octanol–water partition coefficient (Wildman–Crippen LogP) is 2.14. The summed E-state index contributed by atoms with van der Waals surface area (Å²) in [6, 6.07) is 2.32. The molecule has 20 heavy (non-hydrogen) atoms. The van der Waals surface area contributed by atoms with Crippen LogP contribution in [0.2, 0.25) is 0 Å². The Morgan fingerprint density at radius 2 is 2.25 bits per heavy atom. The molecule has 0 aromatic carbocycles. The van der Waals surface area contributed by atoms with Gasteiger partial charge in [0, 0.05) is 17.3 Å². The summed E-state index contributed by atoms with van der Waals surface area (Å²) in [5.41, 5.74) is 0. The Hall–Kier alpha value is -2.00. The fourth-order valence-corrected chi connectivity index (χ4v) is 2.31. The number of rotatable bonds is 6. The number of hydrogen-bond donors (Lipinski definition) is 2. The van der Waals surface area contributed by atoms with Gasteiger partial charge in [-0.05, 0) is 25.3 Å². The molecule has 1 aromatic rings. The highest BCUT2D eigenvalue weighted by atomic mass is 32.1. The number of aliphatic carboxylic acids is 1. The first-order valence-corrected chi connectivity index (χ1v) is 7.09. The molecule has 1 aromatic heterocycles. The van der Waals surface area contributed by atoms with E-state index in [4.69, 9.17) is 11.5 Å². The molecular weight excluding hydrogens is 276 g/mol. The SMILES string of the molecule is C#CCC(NC(=O)N(Cc1cccs1)C(C)C)C(=O)O. The smallest absolute Gasteiger partial charge is 0.327 e. The molecule has 0 saturated carbocycles. The monoisotopic (exact) mass is 294 g/mol. The van der Waals surface area contributed by atoms with Crippen LogP contribution in [0, 0.1) is 12.3 Å². The normalized spacial score (nSPS) is 11.7. The van der Waals surface area contributed by atoms with E-state index >= 15 is 0 Å². The Morgan fingerprint density at radius 3 is 2.70 bits per heavy atom. The van der Waals surface area contributed by atoms with E-state index in [1.54, 1.807) is 16.2 Å². The summed E-state index contributed by atoms with van der Waals surface area (Å²) in [4.78, 5) is 25.8. The Morgan fingerprint density at radius 1 is 1.55 bits per heavy atom. The third-order valence-electron chi connectivity index (χ3n) is 2.71. The first-order valence-electron chi connectivity index (χ1n) is 6.21. The molecule has 0 aliphatic rings. The van der Waals surface area contributed by atoms with Gasteiger partial charge in [0.25, 0.3) is 0 Å². The van der Waals surface area contributed by atoms with Gasteiger partial charge < -0.3 is 15.3 Å². The fraction of sp³-hybridized carbons (Fsp3) is 0.429. The number of amides is 2. The van der Waals surface area contributed by atoms with Gasteiger partial charge in [-0.15, -0.1) is 23.7 Å². The highest BCUT2D eigenvalue weighted by molar-refractivity contribution is 7.09. The lowest BCUT2D eigenvalue weighted by Crippen LogP contribution is -2.49. The van der Waals surface area contributed by atoms with Gasteiger partial charge >= 0.3 is 12.0 Å². The van der Waals surface area contributed by atoms with E-state index in [0.29, 0.717) is 6.54 Å². The molecule has 1 rings (SSSR count). The van der Waals surface area contributed by atoms with Crippen LogP contribution in [0.5, 0.6) is 0 Å². The average molecular weight is 294 g/mol. The topological polar surface area (TPSA) is 69.6 Å². The van der Waals surface area contributed by atoms with Crippen LogP contribution in [0.4, 0.5) is 4.79 Å². The molecule has 2 amide bonds. The molecule has 0 saturated heterocycles. The standard InChI is InChI=1S/C14H18N2O3S/c1-4-6-12(13(17)18)15-14(19)16(10(2)3)9-11-7-5-8-20-11/h1,5,7-8,10,12H,6,9H2,2-3H3,(H,15,19)(H,17,18). The van der Waals surface area contributed by atoms with E-state index in [2.05, 4.69) is 11.2 Å². The lowest BCUT2D eigenvalue weighted by molar-refractivity contribution is -0.139. The first-order chi connectivity index (χ1) is 9.45. The molecule has 5 nitrogen and oxygen atoms in total. The lowest BCUT2D eigenvalue weighted by Gasteiger charge is -2.27. The van der Waals surface area contributed by atoms with Crippen molar-refractivity contribution in [3.63, 3.8) is 0 Å². The van der Waals surface area contributed by atoms with Crippen molar-refractivity contribution in [1.82, 2.24) is 10.2 Å². The van der Waals surface area contributed by atoms with Gasteiger partial charge in [0.05, 0.1) is 6.54 Å². The number of urea groups is 1. The zero-order valence-electron chi connectivity index (χ0n) is 11.5. The molecule has 108 valence electrons. The fourth-order valence-electron chi connectivity index (χ4n) is 1.61. The van der Waals surface area contributed by atoms with Crippen molar-refractivity contribution in [2.24, 2.45) is 0 Å². The molecule has 0 aliphatic carbocycles. The van der Waals surface area contributed by atoms with Gasteiger partial charge in [-0.25, -0.2) is 9.59 Å². The van der Waals surface area contributed by atoms with Gasteiger partial charge in [0.2, 0.25) is 0 Å². The second kappa shape index (κ2) is 7.56. The Balaban J connectivity index is 2.74. The van der Waals surface area contributed by atoms with E-state index in [9.17, 15) is 9.59 Å². The van der Waals surface area contributed by atoms with Crippen LogP contribution in [0.15, 0.2) is 17.5 Å². The molecule has 1 atom stereocenters. The second-order valence-electron chi connectivity index (χ2n) is 4.55. The number of nitrogens with zero attached hydrogens (tertiary/aromatic N) is 1. The molecule has 0 aliphatic heterocycles. The maximum absolute atomic E-state index is 12.2. The Kier molecular flexibility index (Phi) is 6.07. The number of hydrogen-bond acceptors (Lipinski definition) is 3. The van der Waals surface area contributed by atoms with E-state index in [0.717, 1.165) is 4.88 Å². The van der Waals surface area contributed by atoms with E-state index in [-0.39, 0.29) is 12.5 Å². The van der Waals surface area contributed by atoms with Crippen molar-refractivity contribution in [1.29, 1.82) is 0 Å². The molecule has 6 heteroatoms. The van der Waals surface area contributed by atoms with Crippen molar-refractivity contribution >= 4 is 23.3 Å². The van der Waals surface area contributed by atoms with Crippen molar-refractivity contribution in [2.45, 2.75) is 38.9 Å².